The lowest BCUT2D eigenvalue weighted by atomic mass is 10.1. The Labute approximate surface area is 124 Å². The standard InChI is InChI=1S/C15H19ClO4/c1-11(2)20-15(18)13(9-16)8-14(17)19-10-12-6-4-3-5-7-12/h3-7,11,13H,8-10H2,1-2H3. The zero-order chi connectivity index (χ0) is 15.0. The Morgan fingerprint density at radius 3 is 2.40 bits per heavy atom. The summed E-state index contributed by atoms with van der Waals surface area (Å²) in [6, 6.07) is 9.34. The Hall–Kier alpha value is -1.55. The zero-order valence-corrected chi connectivity index (χ0v) is 12.4. The second kappa shape index (κ2) is 8.59. The summed E-state index contributed by atoms with van der Waals surface area (Å²) in [5.74, 6) is -1.55. The highest BCUT2D eigenvalue weighted by atomic mass is 35.5. The average molecular weight is 299 g/mol. The van der Waals surface area contributed by atoms with Crippen molar-refractivity contribution in [2.75, 3.05) is 5.88 Å². The summed E-state index contributed by atoms with van der Waals surface area (Å²) in [5, 5.41) is 0. The van der Waals surface area contributed by atoms with E-state index in [9.17, 15) is 9.59 Å². The number of rotatable bonds is 7. The first-order valence-corrected chi connectivity index (χ1v) is 7.02. The van der Waals surface area contributed by atoms with Crippen molar-refractivity contribution in [2.24, 2.45) is 5.92 Å². The van der Waals surface area contributed by atoms with Crippen molar-refractivity contribution in [3.05, 3.63) is 35.9 Å². The van der Waals surface area contributed by atoms with Crippen LogP contribution in [0.5, 0.6) is 0 Å². The van der Waals surface area contributed by atoms with Crippen molar-refractivity contribution in [2.45, 2.75) is 33.0 Å². The highest BCUT2D eigenvalue weighted by Crippen LogP contribution is 2.12. The molecular formula is C15H19ClO4. The van der Waals surface area contributed by atoms with Crippen LogP contribution in [-0.4, -0.2) is 23.9 Å². The number of benzene rings is 1. The van der Waals surface area contributed by atoms with Crippen molar-refractivity contribution >= 4 is 23.5 Å². The van der Waals surface area contributed by atoms with E-state index in [-0.39, 0.29) is 25.0 Å². The number of alkyl halides is 1. The molecule has 0 saturated carbocycles. The molecule has 0 spiro atoms. The molecule has 1 rings (SSSR count). The van der Waals surface area contributed by atoms with E-state index in [2.05, 4.69) is 0 Å². The van der Waals surface area contributed by atoms with Gasteiger partial charge in [-0.1, -0.05) is 30.3 Å². The molecule has 110 valence electrons. The van der Waals surface area contributed by atoms with E-state index in [1.807, 2.05) is 30.3 Å². The molecule has 1 aromatic rings. The van der Waals surface area contributed by atoms with E-state index in [0.29, 0.717) is 0 Å². The van der Waals surface area contributed by atoms with Gasteiger partial charge in [0.2, 0.25) is 0 Å². The van der Waals surface area contributed by atoms with Crippen LogP contribution in [0.1, 0.15) is 25.8 Å². The van der Waals surface area contributed by atoms with Gasteiger partial charge in [0.1, 0.15) is 6.61 Å². The lowest BCUT2D eigenvalue weighted by Gasteiger charge is -2.15. The number of ether oxygens (including phenoxy) is 2. The van der Waals surface area contributed by atoms with Crippen LogP contribution in [0.25, 0.3) is 0 Å². The Balaban J connectivity index is 2.41. The van der Waals surface area contributed by atoms with E-state index >= 15 is 0 Å². The van der Waals surface area contributed by atoms with Gasteiger partial charge in [-0.25, -0.2) is 0 Å². The molecule has 0 radical (unpaired) electrons. The molecule has 0 aliphatic carbocycles. The topological polar surface area (TPSA) is 52.6 Å². The Kier molecular flexibility index (Phi) is 7.09. The number of hydrogen-bond acceptors (Lipinski definition) is 4. The van der Waals surface area contributed by atoms with Gasteiger partial charge in [-0.15, -0.1) is 11.6 Å². The van der Waals surface area contributed by atoms with E-state index in [0.717, 1.165) is 5.56 Å². The second-order valence-electron chi connectivity index (χ2n) is 4.69. The SMILES string of the molecule is CC(C)OC(=O)C(CCl)CC(=O)OCc1ccccc1. The Morgan fingerprint density at radius 2 is 1.85 bits per heavy atom. The van der Waals surface area contributed by atoms with Gasteiger partial charge in [0, 0.05) is 5.88 Å². The molecule has 0 heterocycles. The maximum atomic E-state index is 11.7. The molecule has 0 amide bonds. The zero-order valence-electron chi connectivity index (χ0n) is 11.7. The third kappa shape index (κ3) is 6.06. The first-order chi connectivity index (χ1) is 9.52. The van der Waals surface area contributed by atoms with E-state index in [4.69, 9.17) is 21.1 Å². The fourth-order valence-electron chi connectivity index (χ4n) is 1.53. The van der Waals surface area contributed by atoms with Crippen LogP contribution in [0.15, 0.2) is 30.3 Å². The molecule has 0 aliphatic heterocycles. The fourth-order valence-corrected chi connectivity index (χ4v) is 1.76. The number of carbonyl (C=O) groups is 2. The first-order valence-electron chi connectivity index (χ1n) is 6.49. The minimum absolute atomic E-state index is 0.0337. The number of esters is 2. The van der Waals surface area contributed by atoms with Crippen LogP contribution in [0.2, 0.25) is 0 Å². The van der Waals surface area contributed by atoms with Crippen molar-refractivity contribution in [3.63, 3.8) is 0 Å². The van der Waals surface area contributed by atoms with Crippen LogP contribution >= 0.6 is 11.6 Å². The van der Waals surface area contributed by atoms with Crippen molar-refractivity contribution in [1.82, 2.24) is 0 Å². The Bertz CT molecular complexity index is 431. The summed E-state index contributed by atoms with van der Waals surface area (Å²) in [4.78, 5) is 23.4. The van der Waals surface area contributed by atoms with Crippen LogP contribution in [0.3, 0.4) is 0 Å². The molecule has 0 fully saturated rings. The molecule has 0 aliphatic rings. The normalized spacial score (nSPS) is 12.0. The lowest BCUT2D eigenvalue weighted by Crippen LogP contribution is -2.25. The maximum absolute atomic E-state index is 11.7. The molecule has 1 unspecified atom stereocenters. The van der Waals surface area contributed by atoms with Crippen molar-refractivity contribution in [1.29, 1.82) is 0 Å². The molecule has 4 nitrogen and oxygen atoms in total. The Morgan fingerprint density at radius 1 is 1.20 bits per heavy atom. The third-order valence-electron chi connectivity index (χ3n) is 2.53. The highest BCUT2D eigenvalue weighted by molar-refractivity contribution is 6.19. The minimum atomic E-state index is -0.664. The van der Waals surface area contributed by atoms with Gasteiger partial charge in [-0.2, -0.15) is 0 Å². The van der Waals surface area contributed by atoms with Gasteiger partial charge in [0.05, 0.1) is 18.4 Å². The molecule has 1 atom stereocenters. The van der Waals surface area contributed by atoms with Crippen LogP contribution in [0, 0.1) is 5.92 Å². The molecular weight excluding hydrogens is 280 g/mol. The average Bonchev–Trinajstić information content (AvgIpc) is 2.42. The maximum Gasteiger partial charge on any atom is 0.310 e. The largest absolute Gasteiger partial charge is 0.463 e. The molecule has 0 N–H and O–H groups in total. The van der Waals surface area contributed by atoms with E-state index < -0.39 is 17.9 Å². The van der Waals surface area contributed by atoms with Gasteiger partial charge in [0.15, 0.2) is 0 Å². The van der Waals surface area contributed by atoms with Crippen molar-refractivity contribution < 1.29 is 19.1 Å². The summed E-state index contributed by atoms with van der Waals surface area (Å²) in [5.41, 5.74) is 0.896. The molecule has 0 saturated heterocycles. The van der Waals surface area contributed by atoms with Gasteiger partial charge in [-0.3, -0.25) is 9.59 Å². The van der Waals surface area contributed by atoms with Crippen molar-refractivity contribution in [3.8, 4) is 0 Å². The molecule has 0 bridgehead atoms. The molecule has 1 aromatic carbocycles. The number of halogens is 1. The quantitative estimate of drug-likeness (QED) is 0.574. The number of hydrogen-bond donors (Lipinski definition) is 0. The molecule has 5 heteroatoms. The summed E-state index contributed by atoms with van der Waals surface area (Å²) in [7, 11) is 0. The van der Waals surface area contributed by atoms with Gasteiger partial charge >= 0.3 is 11.9 Å². The smallest absolute Gasteiger partial charge is 0.310 e. The third-order valence-corrected chi connectivity index (χ3v) is 2.90. The monoisotopic (exact) mass is 298 g/mol. The molecule has 20 heavy (non-hydrogen) atoms. The van der Waals surface area contributed by atoms with Crippen LogP contribution in [-0.2, 0) is 25.7 Å². The summed E-state index contributed by atoms with van der Waals surface area (Å²) >= 11 is 5.70. The van der Waals surface area contributed by atoms with Crippen LogP contribution in [0.4, 0.5) is 0 Å². The van der Waals surface area contributed by atoms with Gasteiger partial charge in [-0.05, 0) is 19.4 Å². The summed E-state index contributed by atoms with van der Waals surface area (Å²) in [6.45, 7) is 3.68. The van der Waals surface area contributed by atoms with Gasteiger partial charge in [0.25, 0.3) is 0 Å². The predicted octanol–water partition coefficient (Wildman–Crippen LogP) is 2.93. The highest BCUT2D eigenvalue weighted by Gasteiger charge is 2.24. The van der Waals surface area contributed by atoms with Gasteiger partial charge < -0.3 is 9.47 Å². The summed E-state index contributed by atoms with van der Waals surface area (Å²) < 4.78 is 10.1. The number of carbonyl (C=O) groups excluding carboxylic acids is 2. The predicted molar refractivity (Wildman–Crippen MR) is 76.3 cm³/mol. The molecule has 0 aromatic heterocycles. The fraction of sp³-hybridized carbons (Fsp3) is 0.467. The minimum Gasteiger partial charge on any atom is -0.463 e. The van der Waals surface area contributed by atoms with E-state index in [1.54, 1.807) is 13.8 Å². The first kappa shape index (κ1) is 16.5. The lowest BCUT2D eigenvalue weighted by molar-refractivity contribution is -0.157. The van der Waals surface area contributed by atoms with E-state index in [1.165, 1.54) is 0 Å². The van der Waals surface area contributed by atoms with Crippen LogP contribution < -0.4 is 0 Å². The second-order valence-corrected chi connectivity index (χ2v) is 5.00. The summed E-state index contributed by atoms with van der Waals surface area (Å²) in [6.07, 6.45) is -0.296.